The first-order valence-electron chi connectivity index (χ1n) is 7.38. The number of carbonyl (C=O) groups excluding carboxylic acids is 2. The number of nitrogens with one attached hydrogen (secondary N) is 1. The van der Waals surface area contributed by atoms with Crippen LogP contribution in [0.2, 0.25) is 0 Å². The number of hydrogen-bond acceptors (Lipinski definition) is 2. The van der Waals surface area contributed by atoms with Gasteiger partial charge in [0.25, 0.3) is 11.7 Å². The number of carbonyl (C=O) groups is 2. The molecule has 3 rings (SSSR count). The van der Waals surface area contributed by atoms with Crippen molar-refractivity contribution in [1.29, 1.82) is 0 Å². The highest BCUT2D eigenvalue weighted by atomic mass is 79.9. The predicted octanol–water partition coefficient (Wildman–Crippen LogP) is 4.21. The summed E-state index contributed by atoms with van der Waals surface area (Å²) in [6.45, 7) is 3.81. The SMILES string of the molecule is Cc1cc(Br)cc(C)c1NC(=O)C(=O)C1=CCc2ccccc21. The lowest BCUT2D eigenvalue weighted by Crippen LogP contribution is -2.24. The summed E-state index contributed by atoms with van der Waals surface area (Å²) < 4.78 is 0.948. The molecule has 2 aromatic rings. The molecule has 0 unspecified atom stereocenters. The van der Waals surface area contributed by atoms with Crippen molar-refractivity contribution in [2.45, 2.75) is 20.3 Å². The molecule has 0 heterocycles. The van der Waals surface area contributed by atoms with Gasteiger partial charge in [0.2, 0.25) is 0 Å². The smallest absolute Gasteiger partial charge is 0.296 e. The van der Waals surface area contributed by atoms with Crippen LogP contribution >= 0.6 is 15.9 Å². The van der Waals surface area contributed by atoms with Crippen LogP contribution in [0.15, 0.2) is 46.9 Å². The van der Waals surface area contributed by atoms with Gasteiger partial charge in [0, 0.05) is 15.7 Å². The van der Waals surface area contributed by atoms with E-state index < -0.39 is 11.7 Å². The van der Waals surface area contributed by atoms with Crippen LogP contribution in [0.1, 0.15) is 22.3 Å². The number of amides is 1. The lowest BCUT2D eigenvalue weighted by Gasteiger charge is -2.12. The van der Waals surface area contributed by atoms with E-state index >= 15 is 0 Å². The Bertz CT molecular complexity index is 829. The third-order valence-corrected chi connectivity index (χ3v) is 4.48. The molecule has 23 heavy (non-hydrogen) atoms. The number of hydrogen-bond donors (Lipinski definition) is 1. The Hall–Kier alpha value is -2.20. The maximum Gasteiger partial charge on any atom is 0.296 e. The lowest BCUT2D eigenvalue weighted by atomic mass is 10.0. The van der Waals surface area contributed by atoms with Gasteiger partial charge in [-0.1, -0.05) is 46.3 Å². The van der Waals surface area contributed by atoms with Crippen LogP contribution in [-0.4, -0.2) is 11.7 Å². The molecular formula is C19H16BrNO2. The minimum atomic E-state index is -0.596. The fraction of sp³-hybridized carbons (Fsp3) is 0.158. The van der Waals surface area contributed by atoms with E-state index in [-0.39, 0.29) is 0 Å². The van der Waals surface area contributed by atoms with Crippen molar-refractivity contribution < 1.29 is 9.59 Å². The molecule has 1 N–H and O–H groups in total. The van der Waals surface area contributed by atoms with Crippen molar-refractivity contribution in [1.82, 2.24) is 0 Å². The number of rotatable bonds is 3. The molecule has 0 aromatic heterocycles. The van der Waals surface area contributed by atoms with Crippen molar-refractivity contribution in [3.8, 4) is 0 Å². The number of fused-ring (bicyclic) bond motifs is 1. The van der Waals surface area contributed by atoms with E-state index in [0.717, 1.165) is 26.7 Å². The second-order valence-corrected chi connectivity index (χ2v) is 6.59. The van der Waals surface area contributed by atoms with Crippen LogP contribution in [0, 0.1) is 13.8 Å². The average molecular weight is 370 g/mol. The summed E-state index contributed by atoms with van der Waals surface area (Å²) in [5.74, 6) is -1.09. The lowest BCUT2D eigenvalue weighted by molar-refractivity contribution is -0.131. The summed E-state index contributed by atoms with van der Waals surface area (Å²) in [5.41, 5.74) is 4.96. The fourth-order valence-electron chi connectivity index (χ4n) is 2.90. The van der Waals surface area contributed by atoms with E-state index in [1.54, 1.807) is 0 Å². The van der Waals surface area contributed by atoms with Crippen LogP contribution in [0.5, 0.6) is 0 Å². The summed E-state index contributed by atoms with van der Waals surface area (Å²) in [4.78, 5) is 24.9. The first kappa shape index (κ1) is 15.7. The standard InChI is InChI=1S/C19H16BrNO2/c1-11-9-14(20)10-12(2)17(11)21-19(23)18(22)16-8-7-13-5-3-4-6-15(13)16/h3-6,8-10H,7H2,1-2H3,(H,21,23). The molecule has 1 amide bonds. The van der Waals surface area contributed by atoms with Crippen molar-refractivity contribution in [2.24, 2.45) is 0 Å². The summed E-state index contributed by atoms with van der Waals surface area (Å²) in [6.07, 6.45) is 2.52. The van der Waals surface area contributed by atoms with Crippen LogP contribution in [0.3, 0.4) is 0 Å². The number of allylic oxidation sites excluding steroid dienone is 1. The van der Waals surface area contributed by atoms with Gasteiger partial charge in [-0.05, 0) is 54.7 Å². The Morgan fingerprint density at radius 3 is 2.43 bits per heavy atom. The average Bonchev–Trinajstić information content (AvgIpc) is 2.93. The number of halogens is 1. The summed E-state index contributed by atoms with van der Waals surface area (Å²) in [7, 11) is 0. The molecule has 4 heteroatoms. The molecule has 1 aliphatic carbocycles. The van der Waals surface area contributed by atoms with Crippen molar-refractivity contribution in [2.75, 3.05) is 5.32 Å². The maximum atomic E-state index is 12.5. The maximum absolute atomic E-state index is 12.5. The Balaban J connectivity index is 1.84. The highest BCUT2D eigenvalue weighted by Gasteiger charge is 2.25. The molecule has 0 bridgehead atoms. The Morgan fingerprint density at radius 1 is 1.09 bits per heavy atom. The predicted molar refractivity (Wildman–Crippen MR) is 95.4 cm³/mol. The van der Waals surface area contributed by atoms with Crippen molar-refractivity contribution >= 4 is 38.9 Å². The molecule has 0 radical (unpaired) electrons. The van der Waals surface area contributed by atoms with Crippen LogP contribution in [0.4, 0.5) is 5.69 Å². The molecule has 0 fully saturated rings. The van der Waals surface area contributed by atoms with Gasteiger partial charge in [0.15, 0.2) is 0 Å². The van der Waals surface area contributed by atoms with Gasteiger partial charge in [0.05, 0.1) is 0 Å². The number of Topliss-reactive ketones (excluding diaryl/α,β-unsaturated/α-hetero) is 1. The molecule has 0 atom stereocenters. The zero-order valence-electron chi connectivity index (χ0n) is 12.9. The molecule has 1 aliphatic rings. The van der Waals surface area contributed by atoms with E-state index in [1.165, 1.54) is 0 Å². The molecule has 116 valence electrons. The van der Waals surface area contributed by atoms with E-state index in [2.05, 4.69) is 21.2 Å². The second kappa shape index (κ2) is 6.13. The quantitative estimate of drug-likeness (QED) is 0.823. The van der Waals surface area contributed by atoms with Gasteiger partial charge in [-0.15, -0.1) is 0 Å². The van der Waals surface area contributed by atoms with E-state index in [9.17, 15) is 9.59 Å². The van der Waals surface area contributed by atoms with Gasteiger partial charge in [0.1, 0.15) is 0 Å². The molecular weight excluding hydrogens is 354 g/mol. The molecule has 2 aromatic carbocycles. The zero-order valence-corrected chi connectivity index (χ0v) is 14.5. The summed E-state index contributed by atoms with van der Waals surface area (Å²) in [6, 6.07) is 11.5. The Labute approximate surface area is 143 Å². The normalized spacial score (nSPS) is 12.6. The van der Waals surface area contributed by atoms with Crippen LogP contribution < -0.4 is 5.32 Å². The largest absolute Gasteiger partial charge is 0.319 e. The third-order valence-electron chi connectivity index (χ3n) is 4.02. The first-order valence-corrected chi connectivity index (χ1v) is 8.17. The zero-order chi connectivity index (χ0) is 16.6. The summed E-state index contributed by atoms with van der Waals surface area (Å²) >= 11 is 3.43. The van der Waals surface area contributed by atoms with E-state index in [4.69, 9.17) is 0 Å². The molecule has 0 spiro atoms. The van der Waals surface area contributed by atoms with Gasteiger partial charge in [-0.2, -0.15) is 0 Å². The highest BCUT2D eigenvalue weighted by Crippen LogP contribution is 2.29. The minimum absolute atomic E-state index is 0.489. The van der Waals surface area contributed by atoms with Crippen LogP contribution in [0.25, 0.3) is 5.57 Å². The minimum Gasteiger partial charge on any atom is -0.319 e. The van der Waals surface area contributed by atoms with Gasteiger partial charge in [-0.25, -0.2) is 0 Å². The molecule has 3 nitrogen and oxygen atoms in total. The first-order chi connectivity index (χ1) is 11.0. The van der Waals surface area contributed by atoms with Crippen molar-refractivity contribution in [3.05, 3.63) is 69.2 Å². The Morgan fingerprint density at radius 2 is 1.74 bits per heavy atom. The van der Waals surface area contributed by atoms with E-state index in [1.807, 2.05) is 56.3 Å². The third kappa shape index (κ3) is 2.99. The monoisotopic (exact) mass is 369 g/mol. The highest BCUT2D eigenvalue weighted by molar-refractivity contribution is 9.10. The fourth-order valence-corrected chi connectivity index (χ4v) is 3.59. The number of anilines is 1. The second-order valence-electron chi connectivity index (χ2n) is 5.68. The Kier molecular flexibility index (Phi) is 4.18. The summed E-state index contributed by atoms with van der Waals surface area (Å²) in [5, 5.41) is 2.76. The van der Waals surface area contributed by atoms with Gasteiger partial charge < -0.3 is 5.32 Å². The number of ketones is 1. The van der Waals surface area contributed by atoms with Crippen molar-refractivity contribution in [3.63, 3.8) is 0 Å². The molecule has 0 saturated carbocycles. The number of benzene rings is 2. The van der Waals surface area contributed by atoms with Crippen LogP contribution in [-0.2, 0) is 16.0 Å². The number of aryl methyl sites for hydroxylation is 2. The molecule has 0 aliphatic heterocycles. The van der Waals surface area contributed by atoms with Gasteiger partial charge in [-0.3, -0.25) is 9.59 Å². The topological polar surface area (TPSA) is 46.2 Å². The van der Waals surface area contributed by atoms with E-state index in [0.29, 0.717) is 17.7 Å². The van der Waals surface area contributed by atoms with Gasteiger partial charge >= 0.3 is 0 Å². The molecule has 0 saturated heterocycles.